The van der Waals surface area contributed by atoms with E-state index >= 15 is 0 Å². The Hall–Kier alpha value is -1.00. The summed E-state index contributed by atoms with van der Waals surface area (Å²) >= 11 is 0. The molecule has 0 bridgehead atoms. The van der Waals surface area contributed by atoms with Gasteiger partial charge in [-0.2, -0.15) is 0 Å². The van der Waals surface area contributed by atoms with E-state index in [0.29, 0.717) is 0 Å². The Labute approximate surface area is 99.8 Å². The van der Waals surface area contributed by atoms with Crippen molar-refractivity contribution in [3.05, 3.63) is 5.82 Å². The molecule has 8 nitrogen and oxygen atoms in total. The summed E-state index contributed by atoms with van der Waals surface area (Å²) in [7, 11) is -7.34. The Bertz CT molecular complexity index is 614. The summed E-state index contributed by atoms with van der Waals surface area (Å²) in [6.07, 6.45) is 1.03. The molecule has 0 radical (unpaired) electrons. The number of sulfonamides is 1. The minimum absolute atomic E-state index is 0.0616. The SMILES string of the molecule is CC(C)n1c(CS(C)(=O)=O)nnc1S(N)(=O)=O. The first-order chi connectivity index (χ1) is 7.52. The fourth-order valence-corrected chi connectivity index (χ4v) is 2.76. The van der Waals surface area contributed by atoms with Crippen LogP contribution in [0.25, 0.3) is 0 Å². The lowest BCUT2D eigenvalue weighted by Crippen LogP contribution is -2.21. The Morgan fingerprint density at radius 3 is 2.12 bits per heavy atom. The summed E-state index contributed by atoms with van der Waals surface area (Å²) in [5.74, 6) is -0.320. The third-order valence-electron chi connectivity index (χ3n) is 1.90. The topological polar surface area (TPSA) is 125 Å². The molecule has 0 aliphatic rings. The highest BCUT2D eigenvalue weighted by atomic mass is 32.2. The molecule has 0 atom stereocenters. The average Bonchev–Trinajstić information content (AvgIpc) is 2.43. The fraction of sp³-hybridized carbons (Fsp3) is 0.714. The van der Waals surface area contributed by atoms with Crippen LogP contribution in [0.1, 0.15) is 25.7 Å². The van der Waals surface area contributed by atoms with Crippen LogP contribution in [0.4, 0.5) is 0 Å². The van der Waals surface area contributed by atoms with Gasteiger partial charge in [-0.1, -0.05) is 0 Å². The maximum Gasteiger partial charge on any atom is 0.273 e. The molecule has 17 heavy (non-hydrogen) atoms. The van der Waals surface area contributed by atoms with Gasteiger partial charge in [0.05, 0.1) is 0 Å². The maximum atomic E-state index is 11.2. The van der Waals surface area contributed by atoms with Crippen molar-refractivity contribution in [1.29, 1.82) is 0 Å². The van der Waals surface area contributed by atoms with Crippen LogP contribution in [0.3, 0.4) is 0 Å². The standard InChI is InChI=1S/C7H14N4O4S2/c1-5(2)11-6(4-16(3,12)13)9-10-7(11)17(8,14)15/h5H,4H2,1-3H3,(H2,8,14,15). The molecule has 2 N–H and O–H groups in total. The van der Waals surface area contributed by atoms with Gasteiger partial charge in [0, 0.05) is 12.3 Å². The minimum atomic E-state index is -4.02. The zero-order valence-electron chi connectivity index (χ0n) is 9.65. The van der Waals surface area contributed by atoms with E-state index in [1.165, 1.54) is 4.57 Å². The van der Waals surface area contributed by atoms with Crippen molar-refractivity contribution in [2.45, 2.75) is 30.8 Å². The van der Waals surface area contributed by atoms with Crippen molar-refractivity contribution in [3.63, 3.8) is 0 Å². The van der Waals surface area contributed by atoms with E-state index in [4.69, 9.17) is 5.14 Å². The number of rotatable bonds is 4. The van der Waals surface area contributed by atoms with Crippen LogP contribution >= 0.6 is 0 Å². The Kier molecular flexibility index (Phi) is 3.60. The lowest BCUT2D eigenvalue weighted by atomic mass is 10.4. The van der Waals surface area contributed by atoms with Gasteiger partial charge in [0.15, 0.2) is 9.84 Å². The molecule has 98 valence electrons. The minimum Gasteiger partial charge on any atom is -0.297 e. The molecular weight excluding hydrogens is 268 g/mol. The quantitative estimate of drug-likeness (QED) is 0.759. The summed E-state index contributed by atoms with van der Waals surface area (Å²) in [5.41, 5.74) is 0. The normalized spacial score (nSPS) is 13.2. The molecule has 0 aromatic carbocycles. The lowest BCUT2D eigenvalue weighted by Gasteiger charge is -2.12. The van der Waals surface area contributed by atoms with Gasteiger partial charge in [0.1, 0.15) is 11.6 Å². The monoisotopic (exact) mass is 282 g/mol. The smallest absolute Gasteiger partial charge is 0.273 e. The first-order valence-corrected chi connectivity index (χ1v) is 8.27. The highest BCUT2D eigenvalue weighted by molar-refractivity contribution is 7.90. The van der Waals surface area contributed by atoms with Gasteiger partial charge in [-0.15, -0.1) is 10.2 Å². The second-order valence-electron chi connectivity index (χ2n) is 3.98. The Balaban J connectivity index is 3.41. The highest BCUT2D eigenvalue weighted by Gasteiger charge is 2.24. The average molecular weight is 282 g/mol. The van der Waals surface area contributed by atoms with Gasteiger partial charge in [0.2, 0.25) is 0 Å². The fourth-order valence-electron chi connectivity index (χ4n) is 1.35. The molecule has 0 saturated heterocycles. The number of hydrogen-bond acceptors (Lipinski definition) is 6. The molecule has 1 rings (SSSR count). The largest absolute Gasteiger partial charge is 0.297 e. The van der Waals surface area contributed by atoms with E-state index in [1.807, 2.05) is 0 Å². The zero-order valence-corrected chi connectivity index (χ0v) is 11.3. The van der Waals surface area contributed by atoms with Gasteiger partial charge in [-0.3, -0.25) is 4.57 Å². The van der Waals surface area contributed by atoms with Crippen LogP contribution in [-0.4, -0.2) is 37.9 Å². The molecule has 0 spiro atoms. The lowest BCUT2D eigenvalue weighted by molar-refractivity contribution is 0.508. The second kappa shape index (κ2) is 4.35. The van der Waals surface area contributed by atoms with Crippen LogP contribution in [-0.2, 0) is 25.6 Å². The summed E-state index contributed by atoms with van der Waals surface area (Å²) in [4.78, 5) is 0. The molecule has 0 unspecified atom stereocenters. The van der Waals surface area contributed by atoms with E-state index in [1.54, 1.807) is 13.8 Å². The zero-order chi connectivity index (χ0) is 13.4. The van der Waals surface area contributed by atoms with E-state index < -0.39 is 25.0 Å². The number of primary sulfonamides is 1. The van der Waals surface area contributed by atoms with Gasteiger partial charge >= 0.3 is 0 Å². The van der Waals surface area contributed by atoms with Gasteiger partial charge in [-0.05, 0) is 13.8 Å². The first kappa shape index (κ1) is 14.1. The van der Waals surface area contributed by atoms with E-state index in [9.17, 15) is 16.8 Å². The van der Waals surface area contributed by atoms with Crippen molar-refractivity contribution in [3.8, 4) is 0 Å². The van der Waals surface area contributed by atoms with Crippen molar-refractivity contribution >= 4 is 19.9 Å². The second-order valence-corrected chi connectivity index (χ2v) is 7.57. The number of nitrogens with zero attached hydrogens (tertiary/aromatic N) is 3. The highest BCUT2D eigenvalue weighted by Crippen LogP contribution is 2.16. The number of sulfone groups is 1. The van der Waals surface area contributed by atoms with Crippen molar-refractivity contribution in [1.82, 2.24) is 14.8 Å². The maximum absolute atomic E-state index is 11.2. The van der Waals surface area contributed by atoms with Crippen LogP contribution in [0, 0.1) is 0 Å². The van der Waals surface area contributed by atoms with Crippen molar-refractivity contribution in [2.24, 2.45) is 5.14 Å². The van der Waals surface area contributed by atoms with Crippen molar-refractivity contribution < 1.29 is 16.8 Å². The molecule has 1 heterocycles. The molecular formula is C7H14N4O4S2. The predicted octanol–water partition coefficient (Wildman–Crippen LogP) is -0.949. The summed E-state index contributed by atoms with van der Waals surface area (Å²) < 4.78 is 46.0. The third-order valence-corrected chi connectivity index (χ3v) is 3.47. The molecule has 0 aliphatic heterocycles. The van der Waals surface area contributed by atoms with Gasteiger partial charge in [-0.25, -0.2) is 22.0 Å². The Morgan fingerprint density at radius 2 is 1.76 bits per heavy atom. The molecule has 1 aromatic heterocycles. The van der Waals surface area contributed by atoms with E-state index in [-0.39, 0.29) is 17.6 Å². The van der Waals surface area contributed by atoms with Crippen LogP contribution in [0.5, 0.6) is 0 Å². The van der Waals surface area contributed by atoms with Gasteiger partial charge < -0.3 is 0 Å². The van der Waals surface area contributed by atoms with Crippen LogP contribution in [0.15, 0.2) is 5.16 Å². The Morgan fingerprint density at radius 1 is 1.24 bits per heavy atom. The molecule has 1 aromatic rings. The molecule has 0 saturated carbocycles. The predicted molar refractivity (Wildman–Crippen MR) is 60.3 cm³/mol. The van der Waals surface area contributed by atoms with Crippen molar-refractivity contribution in [2.75, 3.05) is 6.26 Å². The molecule has 0 aliphatic carbocycles. The number of aromatic nitrogens is 3. The van der Waals surface area contributed by atoms with Crippen LogP contribution < -0.4 is 5.14 Å². The third kappa shape index (κ3) is 3.48. The van der Waals surface area contributed by atoms with Gasteiger partial charge in [0.25, 0.3) is 15.2 Å². The summed E-state index contributed by atoms with van der Waals surface area (Å²) in [6, 6.07) is -0.310. The van der Waals surface area contributed by atoms with E-state index in [0.717, 1.165) is 6.26 Å². The number of nitrogens with two attached hydrogens (primary N) is 1. The molecule has 10 heteroatoms. The number of hydrogen-bond donors (Lipinski definition) is 1. The molecule has 0 fully saturated rings. The summed E-state index contributed by atoms with van der Waals surface area (Å²) in [6.45, 7) is 3.37. The van der Waals surface area contributed by atoms with Crippen LogP contribution in [0.2, 0.25) is 0 Å². The van der Waals surface area contributed by atoms with E-state index in [2.05, 4.69) is 10.2 Å². The first-order valence-electron chi connectivity index (χ1n) is 4.66. The molecule has 0 amide bonds. The summed E-state index contributed by atoms with van der Waals surface area (Å²) in [5, 5.41) is 11.5.